The number of rotatable bonds is 2. The van der Waals surface area contributed by atoms with Gasteiger partial charge in [0.25, 0.3) is 0 Å². The Morgan fingerprint density at radius 2 is 1.02 bits per heavy atom. The molecule has 0 aromatic carbocycles. The molecule has 2 heterocycles. The lowest BCUT2D eigenvalue weighted by Crippen LogP contribution is -2.59. The van der Waals surface area contributed by atoms with Gasteiger partial charge in [-0.2, -0.15) is 0 Å². The third-order valence-corrected chi connectivity index (χ3v) is 15.9. The number of likely N-dealkylation sites (tertiary alicyclic amines) is 1. The van der Waals surface area contributed by atoms with Gasteiger partial charge in [0.1, 0.15) is 0 Å². The van der Waals surface area contributed by atoms with E-state index in [4.69, 9.17) is 11.6 Å². The molecule has 12 fully saturated rings. The van der Waals surface area contributed by atoms with E-state index in [1.54, 1.807) is 0 Å². The minimum Gasteiger partial charge on any atom is -0.339 e. The van der Waals surface area contributed by atoms with Gasteiger partial charge in [-0.15, -0.1) is 0 Å². The third-order valence-electron chi connectivity index (χ3n) is 15.5. The van der Waals surface area contributed by atoms with Crippen molar-refractivity contribution >= 4 is 22.8 Å². The molecule has 10 saturated carbocycles. The second-order valence-electron chi connectivity index (χ2n) is 18.7. The summed E-state index contributed by atoms with van der Waals surface area (Å²) in [6.07, 6.45) is 32.4. The second kappa shape index (κ2) is 14.0. The molecule has 46 heavy (non-hydrogen) atoms. The van der Waals surface area contributed by atoms with Crippen LogP contribution in [0.5, 0.6) is 0 Å². The number of hydrogen-bond donors (Lipinski definition) is 1. The summed E-state index contributed by atoms with van der Waals surface area (Å²) in [5.74, 6) is 7.65. The monoisotopic (exact) mass is 654 g/mol. The maximum Gasteiger partial charge on any atom is 0.229 e. The highest BCUT2D eigenvalue weighted by Gasteiger charge is 2.57. The SMILES string of the molecule is C.C1CCC2NCCCC2C1.O=C(Cl)C12CC3CC(CC(C3)C1)C2.O=C(N1CCCC2CCCCC21)C12CC3CC(CC(C3)C1)C2. The molecule has 5 heteroatoms. The minimum absolute atomic E-state index is 0. The van der Waals surface area contributed by atoms with Crippen molar-refractivity contribution < 1.29 is 9.59 Å². The molecule has 10 aliphatic carbocycles. The van der Waals surface area contributed by atoms with Crippen LogP contribution in [0.2, 0.25) is 0 Å². The zero-order valence-corrected chi connectivity index (χ0v) is 29.1. The summed E-state index contributed by atoms with van der Waals surface area (Å²) in [5, 5.41) is 3.59. The number of fused-ring (bicyclic) bond motifs is 2. The zero-order chi connectivity index (χ0) is 30.6. The van der Waals surface area contributed by atoms with Crippen LogP contribution in [0, 0.1) is 58.2 Å². The van der Waals surface area contributed by atoms with E-state index in [-0.39, 0.29) is 23.5 Å². The molecule has 0 aromatic heterocycles. The van der Waals surface area contributed by atoms with E-state index < -0.39 is 0 Å². The fourth-order valence-corrected chi connectivity index (χ4v) is 14.6. The van der Waals surface area contributed by atoms with Crippen molar-refractivity contribution in [2.75, 3.05) is 13.1 Å². The lowest BCUT2D eigenvalue weighted by molar-refractivity contribution is -0.164. The lowest BCUT2D eigenvalue weighted by Gasteiger charge is -2.58. The molecule has 0 radical (unpaired) electrons. The summed E-state index contributed by atoms with van der Waals surface area (Å²) < 4.78 is 0. The molecule has 260 valence electrons. The lowest BCUT2D eigenvalue weighted by atomic mass is 9.49. The fraction of sp³-hybridized carbons (Fsp3) is 0.951. The first kappa shape index (κ1) is 33.9. The Morgan fingerprint density at radius 1 is 0.565 bits per heavy atom. The molecule has 4 unspecified atom stereocenters. The summed E-state index contributed by atoms with van der Waals surface area (Å²) in [7, 11) is 0. The summed E-state index contributed by atoms with van der Waals surface area (Å²) in [6, 6.07) is 1.52. The number of amides is 1. The quantitative estimate of drug-likeness (QED) is 0.302. The highest BCUT2D eigenvalue weighted by molar-refractivity contribution is 6.64. The normalized spacial score (nSPS) is 47.6. The number of nitrogens with zero attached hydrogens (tertiary/aromatic N) is 1. The van der Waals surface area contributed by atoms with Crippen molar-refractivity contribution in [2.24, 2.45) is 58.2 Å². The van der Waals surface area contributed by atoms with Crippen molar-refractivity contribution in [3.8, 4) is 0 Å². The molecule has 0 spiro atoms. The molecule has 2 saturated heterocycles. The number of piperidine rings is 2. The van der Waals surface area contributed by atoms with E-state index in [0.29, 0.717) is 11.9 Å². The molecule has 12 aliphatic rings. The highest BCUT2D eigenvalue weighted by Crippen LogP contribution is 2.62. The smallest absolute Gasteiger partial charge is 0.229 e. The first-order valence-corrected chi connectivity index (χ1v) is 20.5. The number of carbonyl (C=O) groups is 2. The topological polar surface area (TPSA) is 49.4 Å². The van der Waals surface area contributed by atoms with Crippen LogP contribution in [-0.4, -0.2) is 41.2 Å². The second-order valence-corrected chi connectivity index (χ2v) is 19.0. The molecule has 4 nitrogen and oxygen atoms in total. The van der Waals surface area contributed by atoms with E-state index in [1.165, 1.54) is 141 Å². The summed E-state index contributed by atoms with van der Waals surface area (Å²) in [5.41, 5.74) is 0.0182. The standard InChI is InChI=1S/C20H31NO.C11H15ClO.C9H17N.CH4/c22-19(21-7-3-5-17-4-1-2-6-18(17)21)20-11-14-8-15(12-20)10-16(9-14)13-20;12-10(13)11-4-7-1-8(5-11)3-9(2-7)6-11;1-2-6-9-8(4-1)5-3-7-10-9;/h14-18H,1-13H2;7-9H,1-6H2;8-10H,1-7H2;1H4. The Labute approximate surface area is 286 Å². The highest BCUT2D eigenvalue weighted by atomic mass is 35.5. The van der Waals surface area contributed by atoms with Crippen LogP contribution >= 0.6 is 11.6 Å². The first-order chi connectivity index (χ1) is 21.9. The van der Waals surface area contributed by atoms with Crippen molar-refractivity contribution in [1.82, 2.24) is 10.2 Å². The minimum atomic E-state index is -0.0731. The maximum atomic E-state index is 13.6. The number of halogens is 1. The maximum absolute atomic E-state index is 13.6. The predicted octanol–water partition coefficient (Wildman–Crippen LogP) is 9.92. The fourth-order valence-electron chi connectivity index (χ4n) is 14.4. The van der Waals surface area contributed by atoms with Crippen LogP contribution in [0.1, 0.15) is 162 Å². The van der Waals surface area contributed by atoms with Gasteiger partial charge in [-0.1, -0.05) is 33.1 Å². The molecule has 8 bridgehead atoms. The van der Waals surface area contributed by atoms with Crippen LogP contribution in [-0.2, 0) is 9.59 Å². The molecule has 12 rings (SSSR count). The van der Waals surface area contributed by atoms with E-state index in [9.17, 15) is 9.59 Å². The van der Waals surface area contributed by atoms with Crippen molar-refractivity contribution in [1.29, 1.82) is 0 Å². The van der Waals surface area contributed by atoms with Gasteiger partial charge in [0.15, 0.2) is 0 Å². The van der Waals surface area contributed by atoms with Crippen LogP contribution in [0.4, 0.5) is 0 Å². The third kappa shape index (κ3) is 6.64. The molecule has 1 amide bonds. The number of nitrogens with one attached hydrogen (secondary N) is 1. The van der Waals surface area contributed by atoms with Crippen LogP contribution in [0.25, 0.3) is 0 Å². The summed E-state index contributed by atoms with van der Waals surface area (Å²) in [4.78, 5) is 27.5. The predicted molar refractivity (Wildman–Crippen MR) is 188 cm³/mol. The number of hydrogen-bond acceptors (Lipinski definition) is 3. The van der Waals surface area contributed by atoms with Gasteiger partial charge in [-0.3, -0.25) is 9.59 Å². The summed E-state index contributed by atoms with van der Waals surface area (Å²) >= 11 is 5.76. The van der Waals surface area contributed by atoms with Gasteiger partial charge in [0.2, 0.25) is 11.1 Å². The average Bonchev–Trinajstić information content (AvgIpc) is 3.04. The van der Waals surface area contributed by atoms with E-state index >= 15 is 0 Å². The Balaban J connectivity index is 0.000000120. The van der Waals surface area contributed by atoms with E-state index in [0.717, 1.165) is 79.2 Å². The largest absolute Gasteiger partial charge is 0.339 e. The van der Waals surface area contributed by atoms with Gasteiger partial charge in [-0.25, -0.2) is 0 Å². The van der Waals surface area contributed by atoms with Crippen molar-refractivity contribution in [2.45, 2.75) is 174 Å². The molecular formula is C41H67ClN2O2. The number of carbonyl (C=O) groups excluding carboxylic acids is 2. The van der Waals surface area contributed by atoms with Gasteiger partial charge >= 0.3 is 0 Å². The van der Waals surface area contributed by atoms with Gasteiger partial charge in [-0.05, 0) is 194 Å². The van der Waals surface area contributed by atoms with Crippen LogP contribution in [0.3, 0.4) is 0 Å². The first-order valence-electron chi connectivity index (χ1n) is 20.1. The Bertz CT molecular complexity index is 990. The Hall–Kier alpha value is -0.610. The molecule has 0 aromatic rings. The van der Waals surface area contributed by atoms with Gasteiger partial charge in [0.05, 0.1) is 5.41 Å². The average molecular weight is 655 g/mol. The molecule has 2 aliphatic heterocycles. The Kier molecular flexibility index (Phi) is 10.3. The van der Waals surface area contributed by atoms with Crippen LogP contribution < -0.4 is 5.32 Å². The molecule has 1 N–H and O–H groups in total. The van der Waals surface area contributed by atoms with Crippen molar-refractivity contribution in [3.63, 3.8) is 0 Å². The van der Waals surface area contributed by atoms with Crippen molar-refractivity contribution in [3.05, 3.63) is 0 Å². The van der Waals surface area contributed by atoms with Gasteiger partial charge < -0.3 is 10.2 Å². The zero-order valence-electron chi connectivity index (χ0n) is 28.3. The molecular weight excluding hydrogens is 588 g/mol. The van der Waals surface area contributed by atoms with Gasteiger partial charge in [0, 0.05) is 24.0 Å². The van der Waals surface area contributed by atoms with E-state index in [1.807, 2.05) is 0 Å². The molecule has 4 atom stereocenters. The van der Waals surface area contributed by atoms with E-state index in [2.05, 4.69) is 10.2 Å². The summed E-state index contributed by atoms with van der Waals surface area (Å²) in [6.45, 7) is 2.35. The Morgan fingerprint density at radius 3 is 1.57 bits per heavy atom. The van der Waals surface area contributed by atoms with Crippen LogP contribution in [0.15, 0.2) is 0 Å².